The van der Waals surface area contributed by atoms with Crippen LogP contribution < -0.4 is 4.90 Å². The smallest absolute Gasteiger partial charge is 0.283 e. The molecule has 1 aliphatic carbocycles. The van der Waals surface area contributed by atoms with Crippen LogP contribution in [-0.2, 0) is 0 Å². The number of rotatable bonds is 4. The van der Waals surface area contributed by atoms with Crippen molar-refractivity contribution in [1.29, 1.82) is 0 Å². The van der Waals surface area contributed by atoms with E-state index in [1.807, 2.05) is 0 Å². The molecule has 0 aromatic heterocycles. The van der Waals surface area contributed by atoms with Crippen LogP contribution in [0, 0.1) is 0 Å². The third-order valence-electron chi connectivity index (χ3n) is 4.91. The van der Waals surface area contributed by atoms with Gasteiger partial charge in [0.1, 0.15) is 0 Å². The molecule has 112 valence electrons. The number of hydrogen-bond acceptors (Lipinski definition) is 1. The summed E-state index contributed by atoms with van der Waals surface area (Å²) in [5.74, 6) is 5.30. The van der Waals surface area contributed by atoms with E-state index in [0.717, 1.165) is 0 Å². The second-order valence-corrected chi connectivity index (χ2v) is 10.0. The quantitative estimate of drug-likeness (QED) is 0.692. The summed E-state index contributed by atoms with van der Waals surface area (Å²) in [6.07, 6.45) is 0. The van der Waals surface area contributed by atoms with E-state index in [1.165, 1.54) is 38.9 Å². The highest BCUT2D eigenvalue weighted by molar-refractivity contribution is 6.56. The first-order valence-corrected chi connectivity index (χ1v) is 11.1. The molecule has 1 nitrogen and oxygen atoms in total. The van der Waals surface area contributed by atoms with Crippen molar-refractivity contribution in [3.05, 3.63) is 52.1 Å². The molecular weight excluding hydrogens is 269 g/mol. The Bertz CT molecular complexity index is 571. The lowest BCUT2D eigenvalue weighted by atomic mass is 9.87. The lowest BCUT2D eigenvalue weighted by Gasteiger charge is -2.27. The predicted molar refractivity (Wildman–Crippen MR) is 96.7 cm³/mol. The number of benzene rings is 1. The molecule has 0 atom stereocenters. The van der Waals surface area contributed by atoms with Gasteiger partial charge in [0.25, 0.3) is 14.1 Å². The van der Waals surface area contributed by atoms with Gasteiger partial charge in [0.2, 0.25) is 0 Å². The molecule has 2 rings (SSSR count). The van der Waals surface area contributed by atoms with E-state index in [2.05, 4.69) is 75.5 Å². The predicted octanol–water partition coefficient (Wildman–Crippen LogP) is 5.19. The maximum atomic E-state index is 2.47. The van der Waals surface area contributed by atoms with Crippen molar-refractivity contribution in [3.8, 4) is 0 Å². The van der Waals surface area contributed by atoms with Crippen LogP contribution in [-0.4, -0.2) is 26.6 Å². The fourth-order valence-electron chi connectivity index (χ4n) is 3.54. The monoisotopic (exact) mass is 297 g/mol. The van der Waals surface area contributed by atoms with Gasteiger partial charge < -0.3 is 4.90 Å². The number of para-hydroxylation sites is 1. The zero-order chi connectivity index (χ0) is 15.7. The van der Waals surface area contributed by atoms with Crippen LogP contribution in [0.3, 0.4) is 0 Å². The van der Waals surface area contributed by atoms with Gasteiger partial charge in [-0.3, -0.25) is 0 Å². The molecule has 0 radical (unpaired) electrons. The molecular formula is C19H28AlN. The van der Waals surface area contributed by atoms with Crippen molar-refractivity contribution in [1.82, 2.24) is 0 Å². The number of anilines is 1. The van der Waals surface area contributed by atoms with Crippen LogP contribution in [0.2, 0.25) is 11.6 Å². The largest absolute Gasteiger partial charge is 0.388 e. The van der Waals surface area contributed by atoms with E-state index in [0.29, 0.717) is 5.92 Å². The van der Waals surface area contributed by atoms with Crippen molar-refractivity contribution in [2.75, 3.05) is 17.4 Å². The van der Waals surface area contributed by atoms with Gasteiger partial charge in [-0.1, -0.05) is 29.3 Å². The van der Waals surface area contributed by atoms with E-state index in [-0.39, 0.29) is 0 Å². The first kappa shape index (κ1) is 16.4. The average molecular weight is 297 g/mol. The molecule has 1 aromatic rings. The highest BCUT2D eigenvalue weighted by atomic mass is 27.2. The van der Waals surface area contributed by atoms with Crippen molar-refractivity contribution >= 4 is 19.8 Å². The molecule has 0 saturated carbocycles. The van der Waals surface area contributed by atoms with E-state index < -0.39 is 14.1 Å². The Morgan fingerprint density at radius 2 is 1.48 bits per heavy atom. The summed E-state index contributed by atoms with van der Waals surface area (Å²) >= 11 is -0.607. The van der Waals surface area contributed by atoms with Crippen LogP contribution in [0.4, 0.5) is 5.69 Å². The van der Waals surface area contributed by atoms with Gasteiger partial charge in [-0.25, -0.2) is 0 Å². The summed E-state index contributed by atoms with van der Waals surface area (Å²) in [5, 5.41) is 1.23. The molecule has 1 aliphatic rings. The molecule has 0 saturated heterocycles. The molecule has 2 heteroatoms. The fourth-order valence-corrected chi connectivity index (χ4v) is 4.83. The second kappa shape index (κ2) is 6.43. The molecule has 0 amide bonds. The van der Waals surface area contributed by atoms with Crippen LogP contribution in [0.1, 0.15) is 39.2 Å². The van der Waals surface area contributed by atoms with Crippen LogP contribution in [0.15, 0.2) is 46.6 Å². The molecule has 0 aliphatic heterocycles. The number of hydrogen-bond donors (Lipinski definition) is 0. The van der Waals surface area contributed by atoms with Gasteiger partial charge >= 0.3 is 0 Å². The summed E-state index contributed by atoms with van der Waals surface area (Å²) in [5.41, 5.74) is 8.88. The molecule has 0 unspecified atom stereocenters. The van der Waals surface area contributed by atoms with E-state index in [4.69, 9.17) is 0 Å². The summed E-state index contributed by atoms with van der Waals surface area (Å²) in [6.45, 7) is 9.13. The Morgan fingerprint density at radius 1 is 0.952 bits per heavy atom. The van der Waals surface area contributed by atoms with Crippen LogP contribution in [0.5, 0.6) is 0 Å². The molecule has 0 fully saturated rings. The zero-order valence-electron chi connectivity index (χ0n) is 14.6. The van der Waals surface area contributed by atoms with Crippen LogP contribution >= 0.6 is 0 Å². The standard InChI is InChI=1S/C17H22N.2CH3.Al/c1-11-12(2)14(4)17(13(11)3)15-9-7-8-10-16(15)18(5)6;;;/h7-10,17H,5H2,1-4,6H3;2*1H3;. The topological polar surface area (TPSA) is 3.24 Å². The molecule has 0 spiro atoms. The highest BCUT2D eigenvalue weighted by Gasteiger charge is 2.28. The van der Waals surface area contributed by atoms with Gasteiger partial charge in [0, 0.05) is 18.7 Å². The lowest BCUT2D eigenvalue weighted by molar-refractivity contribution is 0.917. The first-order chi connectivity index (χ1) is 9.84. The van der Waals surface area contributed by atoms with Gasteiger partial charge in [0.05, 0.1) is 0 Å². The fraction of sp³-hybridized carbons (Fsp3) is 0.474. The van der Waals surface area contributed by atoms with E-state index >= 15 is 0 Å². The van der Waals surface area contributed by atoms with E-state index in [9.17, 15) is 0 Å². The SMILES string of the molecule is CC1=C(C)C(c2ccccc2N(C)[CH2][Al]([CH3])[CH3])C(C)=C1C. The summed E-state index contributed by atoms with van der Waals surface area (Å²) in [6, 6.07) is 8.96. The molecule has 1 aromatic carbocycles. The van der Waals surface area contributed by atoms with Gasteiger partial charge in [-0.2, -0.15) is 0 Å². The minimum Gasteiger partial charge on any atom is -0.388 e. The number of allylic oxidation sites excluding steroid dienone is 4. The Balaban J connectivity index is 2.47. The van der Waals surface area contributed by atoms with Crippen molar-refractivity contribution < 1.29 is 0 Å². The van der Waals surface area contributed by atoms with Gasteiger partial charge in [-0.15, -0.1) is 11.6 Å². The second-order valence-electron chi connectivity index (χ2n) is 6.88. The molecule has 0 N–H and O–H groups in total. The third-order valence-corrected chi connectivity index (χ3v) is 6.19. The summed E-state index contributed by atoms with van der Waals surface area (Å²) in [4.78, 5) is 2.47. The molecule has 0 bridgehead atoms. The maximum absolute atomic E-state index is 2.47. The van der Waals surface area contributed by atoms with Gasteiger partial charge in [0.15, 0.2) is 0 Å². The maximum Gasteiger partial charge on any atom is 0.283 e. The van der Waals surface area contributed by atoms with Crippen molar-refractivity contribution in [3.63, 3.8) is 0 Å². The Hall–Kier alpha value is -0.968. The first-order valence-electron chi connectivity index (χ1n) is 7.99. The Kier molecular flexibility index (Phi) is 5.02. The number of nitrogens with zero attached hydrogens (tertiary/aromatic N) is 1. The molecule has 21 heavy (non-hydrogen) atoms. The van der Waals surface area contributed by atoms with Crippen molar-refractivity contribution in [2.45, 2.75) is 45.2 Å². The summed E-state index contributed by atoms with van der Waals surface area (Å²) < 4.78 is 0. The normalized spacial score (nSPS) is 16.0. The molecule has 0 heterocycles. The Morgan fingerprint density at radius 3 is 2.00 bits per heavy atom. The minimum absolute atomic E-state index is 0.470. The minimum atomic E-state index is -0.607. The highest BCUT2D eigenvalue weighted by Crippen LogP contribution is 2.45. The third kappa shape index (κ3) is 3.13. The zero-order valence-corrected chi connectivity index (χ0v) is 15.8. The van der Waals surface area contributed by atoms with Crippen LogP contribution in [0.25, 0.3) is 0 Å². The Labute approximate surface area is 134 Å². The van der Waals surface area contributed by atoms with Gasteiger partial charge in [-0.05, 0) is 55.9 Å². The van der Waals surface area contributed by atoms with E-state index in [1.54, 1.807) is 0 Å². The lowest BCUT2D eigenvalue weighted by Crippen LogP contribution is -2.29. The van der Waals surface area contributed by atoms with Crippen molar-refractivity contribution in [2.24, 2.45) is 0 Å². The average Bonchev–Trinajstić information content (AvgIpc) is 2.62. The summed E-state index contributed by atoms with van der Waals surface area (Å²) in [7, 11) is 2.25.